The van der Waals surface area contributed by atoms with Crippen LogP contribution in [0.15, 0.2) is 12.5 Å². The van der Waals surface area contributed by atoms with Crippen LogP contribution in [0.5, 0.6) is 0 Å². The molecule has 2 heteroatoms. The van der Waals surface area contributed by atoms with Crippen molar-refractivity contribution in [1.82, 2.24) is 9.55 Å². The number of aromatic nitrogens is 2. The first-order valence-electron chi connectivity index (χ1n) is 5.01. The SMILES string of the molecule is CCC(C)(C)c1cncn1C(C)C. The highest BCUT2D eigenvalue weighted by atomic mass is 15.1. The Morgan fingerprint density at radius 3 is 2.54 bits per heavy atom. The van der Waals surface area contributed by atoms with Gasteiger partial charge in [0.15, 0.2) is 0 Å². The molecule has 2 nitrogen and oxygen atoms in total. The van der Waals surface area contributed by atoms with Gasteiger partial charge in [-0.3, -0.25) is 0 Å². The van der Waals surface area contributed by atoms with Crippen LogP contribution in [0.25, 0.3) is 0 Å². The molecule has 0 atom stereocenters. The number of hydrogen-bond acceptors (Lipinski definition) is 1. The lowest BCUT2D eigenvalue weighted by Gasteiger charge is -2.25. The maximum atomic E-state index is 4.22. The Hall–Kier alpha value is -0.790. The first-order chi connectivity index (χ1) is 5.99. The molecular weight excluding hydrogens is 160 g/mol. The number of rotatable bonds is 3. The monoisotopic (exact) mass is 180 g/mol. The average Bonchev–Trinajstić information content (AvgIpc) is 2.52. The van der Waals surface area contributed by atoms with Crippen molar-refractivity contribution in [3.63, 3.8) is 0 Å². The third kappa shape index (κ3) is 1.93. The summed E-state index contributed by atoms with van der Waals surface area (Å²) in [4.78, 5) is 4.22. The fourth-order valence-corrected chi connectivity index (χ4v) is 1.42. The van der Waals surface area contributed by atoms with Crippen LogP contribution in [0.3, 0.4) is 0 Å². The van der Waals surface area contributed by atoms with Crippen LogP contribution < -0.4 is 0 Å². The molecule has 0 unspecified atom stereocenters. The fraction of sp³-hybridized carbons (Fsp3) is 0.727. The Labute approximate surface area is 81.0 Å². The van der Waals surface area contributed by atoms with Gasteiger partial charge in [0.25, 0.3) is 0 Å². The van der Waals surface area contributed by atoms with Crippen molar-refractivity contribution < 1.29 is 0 Å². The largest absolute Gasteiger partial charge is 0.332 e. The fourth-order valence-electron chi connectivity index (χ4n) is 1.42. The summed E-state index contributed by atoms with van der Waals surface area (Å²) >= 11 is 0. The molecule has 0 aromatic carbocycles. The van der Waals surface area contributed by atoms with Crippen LogP contribution in [0, 0.1) is 0 Å². The predicted octanol–water partition coefficient (Wildman–Crippen LogP) is 3.15. The molecule has 74 valence electrons. The summed E-state index contributed by atoms with van der Waals surface area (Å²) < 4.78 is 2.25. The van der Waals surface area contributed by atoms with E-state index in [2.05, 4.69) is 44.2 Å². The van der Waals surface area contributed by atoms with Crippen molar-refractivity contribution in [2.75, 3.05) is 0 Å². The Bertz CT molecular complexity index is 271. The van der Waals surface area contributed by atoms with E-state index in [-0.39, 0.29) is 5.41 Å². The van der Waals surface area contributed by atoms with Gasteiger partial charge in [-0.15, -0.1) is 0 Å². The van der Waals surface area contributed by atoms with Crippen LogP contribution in [0.4, 0.5) is 0 Å². The number of hydrogen-bond donors (Lipinski definition) is 0. The lowest BCUT2D eigenvalue weighted by molar-refractivity contribution is 0.440. The lowest BCUT2D eigenvalue weighted by atomic mass is 9.86. The van der Waals surface area contributed by atoms with Crippen molar-refractivity contribution in [3.05, 3.63) is 18.2 Å². The van der Waals surface area contributed by atoms with Gasteiger partial charge in [-0.1, -0.05) is 20.8 Å². The van der Waals surface area contributed by atoms with Gasteiger partial charge in [-0.05, 0) is 20.3 Å². The highest BCUT2D eigenvalue weighted by Crippen LogP contribution is 2.27. The van der Waals surface area contributed by atoms with Crippen molar-refractivity contribution in [2.45, 2.75) is 52.5 Å². The molecule has 0 N–H and O–H groups in total. The maximum absolute atomic E-state index is 4.22. The molecule has 0 saturated heterocycles. The molecule has 1 heterocycles. The van der Waals surface area contributed by atoms with Gasteiger partial charge in [0.2, 0.25) is 0 Å². The second kappa shape index (κ2) is 3.52. The zero-order chi connectivity index (χ0) is 10.1. The Morgan fingerprint density at radius 1 is 1.46 bits per heavy atom. The molecule has 1 rings (SSSR count). The number of imidazole rings is 1. The molecule has 0 aliphatic rings. The van der Waals surface area contributed by atoms with Gasteiger partial charge in [0.05, 0.1) is 6.33 Å². The van der Waals surface area contributed by atoms with E-state index >= 15 is 0 Å². The maximum Gasteiger partial charge on any atom is 0.0950 e. The summed E-state index contributed by atoms with van der Waals surface area (Å²) in [6.45, 7) is 11.1. The van der Waals surface area contributed by atoms with Gasteiger partial charge in [0, 0.05) is 23.3 Å². The molecule has 0 bridgehead atoms. The molecule has 13 heavy (non-hydrogen) atoms. The molecule has 0 radical (unpaired) electrons. The van der Waals surface area contributed by atoms with Crippen LogP contribution in [-0.4, -0.2) is 9.55 Å². The second-order valence-electron chi connectivity index (χ2n) is 4.52. The Kier molecular flexibility index (Phi) is 2.79. The summed E-state index contributed by atoms with van der Waals surface area (Å²) in [5, 5.41) is 0. The highest BCUT2D eigenvalue weighted by Gasteiger charge is 2.22. The van der Waals surface area contributed by atoms with Crippen LogP contribution >= 0.6 is 0 Å². The number of nitrogens with zero attached hydrogens (tertiary/aromatic N) is 2. The summed E-state index contributed by atoms with van der Waals surface area (Å²) in [5.74, 6) is 0. The van der Waals surface area contributed by atoms with Crippen LogP contribution in [0.1, 0.15) is 52.8 Å². The molecule has 0 aliphatic heterocycles. The first-order valence-corrected chi connectivity index (χ1v) is 5.01. The zero-order valence-corrected chi connectivity index (χ0v) is 9.33. The first kappa shape index (κ1) is 10.3. The van der Waals surface area contributed by atoms with Crippen LogP contribution in [0.2, 0.25) is 0 Å². The van der Waals surface area contributed by atoms with Gasteiger partial charge in [-0.25, -0.2) is 4.98 Å². The van der Waals surface area contributed by atoms with Crippen molar-refractivity contribution in [3.8, 4) is 0 Å². The zero-order valence-electron chi connectivity index (χ0n) is 9.33. The molecule has 1 aromatic rings. The summed E-state index contributed by atoms with van der Waals surface area (Å²) in [6.07, 6.45) is 5.06. The Morgan fingerprint density at radius 2 is 2.08 bits per heavy atom. The lowest BCUT2D eigenvalue weighted by Crippen LogP contribution is -2.21. The van der Waals surface area contributed by atoms with E-state index in [0.29, 0.717) is 6.04 Å². The van der Waals surface area contributed by atoms with Gasteiger partial charge >= 0.3 is 0 Å². The van der Waals surface area contributed by atoms with Crippen molar-refractivity contribution in [2.24, 2.45) is 0 Å². The Balaban J connectivity index is 3.07. The minimum atomic E-state index is 0.237. The topological polar surface area (TPSA) is 17.8 Å². The van der Waals surface area contributed by atoms with Crippen molar-refractivity contribution in [1.29, 1.82) is 0 Å². The van der Waals surface area contributed by atoms with E-state index in [4.69, 9.17) is 0 Å². The normalized spacial score (nSPS) is 12.5. The van der Waals surface area contributed by atoms with E-state index in [9.17, 15) is 0 Å². The van der Waals surface area contributed by atoms with E-state index in [1.165, 1.54) is 5.69 Å². The molecule has 0 amide bonds. The minimum Gasteiger partial charge on any atom is -0.332 e. The van der Waals surface area contributed by atoms with Gasteiger partial charge in [-0.2, -0.15) is 0 Å². The van der Waals surface area contributed by atoms with Crippen LogP contribution in [-0.2, 0) is 5.41 Å². The predicted molar refractivity (Wildman–Crippen MR) is 55.9 cm³/mol. The van der Waals surface area contributed by atoms with Gasteiger partial charge in [0.1, 0.15) is 0 Å². The summed E-state index contributed by atoms with van der Waals surface area (Å²) in [5.41, 5.74) is 1.57. The molecule has 0 saturated carbocycles. The molecule has 0 fully saturated rings. The third-order valence-electron chi connectivity index (χ3n) is 2.80. The molecule has 0 aliphatic carbocycles. The third-order valence-corrected chi connectivity index (χ3v) is 2.80. The van der Waals surface area contributed by atoms with E-state index in [0.717, 1.165) is 6.42 Å². The van der Waals surface area contributed by atoms with E-state index in [1.54, 1.807) is 0 Å². The van der Waals surface area contributed by atoms with Gasteiger partial charge < -0.3 is 4.57 Å². The minimum absolute atomic E-state index is 0.237. The molecular formula is C11H20N2. The highest BCUT2D eigenvalue weighted by molar-refractivity contribution is 5.12. The smallest absolute Gasteiger partial charge is 0.0950 e. The summed E-state index contributed by atoms with van der Waals surface area (Å²) in [6, 6.07) is 0.503. The molecule has 0 spiro atoms. The molecule has 1 aromatic heterocycles. The quantitative estimate of drug-likeness (QED) is 0.698. The van der Waals surface area contributed by atoms with Crippen molar-refractivity contribution >= 4 is 0 Å². The van der Waals surface area contributed by atoms with E-state index < -0.39 is 0 Å². The summed E-state index contributed by atoms with van der Waals surface area (Å²) in [7, 11) is 0. The second-order valence-corrected chi connectivity index (χ2v) is 4.52. The van der Waals surface area contributed by atoms with E-state index in [1.807, 2.05) is 12.5 Å². The average molecular weight is 180 g/mol. The standard InChI is InChI=1S/C11H20N2/c1-6-11(4,5)10-7-12-8-13(10)9(2)3/h7-9H,6H2,1-5H3.